The molecule has 21 heavy (non-hydrogen) atoms. The summed E-state index contributed by atoms with van der Waals surface area (Å²) in [5.41, 5.74) is 0. The molecule has 0 aromatic heterocycles. The van der Waals surface area contributed by atoms with Gasteiger partial charge in [0.25, 0.3) is 5.91 Å². The molecule has 0 radical (unpaired) electrons. The van der Waals surface area contributed by atoms with Gasteiger partial charge in [0.2, 0.25) is 0 Å². The van der Waals surface area contributed by atoms with Crippen LogP contribution in [0.4, 0.5) is 0 Å². The van der Waals surface area contributed by atoms with Crippen molar-refractivity contribution in [1.29, 1.82) is 0 Å². The van der Waals surface area contributed by atoms with Gasteiger partial charge in [-0.3, -0.25) is 4.79 Å². The van der Waals surface area contributed by atoms with E-state index in [9.17, 15) is 4.79 Å². The Kier molecular flexibility index (Phi) is 4.88. The lowest BCUT2D eigenvalue weighted by molar-refractivity contribution is -0.138. The average Bonchev–Trinajstić information content (AvgIpc) is 2.45. The van der Waals surface area contributed by atoms with Crippen LogP contribution in [0.1, 0.15) is 13.8 Å². The minimum absolute atomic E-state index is 0.0231. The number of halogens is 1. The second-order valence-corrected chi connectivity index (χ2v) is 6.41. The van der Waals surface area contributed by atoms with E-state index in [2.05, 4.69) is 22.0 Å². The summed E-state index contributed by atoms with van der Waals surface area (Å²) in [5, 5.41) is 2.21. The maximum atomic E-state index is 12.2. The molecule has 1 amide bonds. The van der Waals surface area contributed by atoms with Crippen LogP contribution in [0.2, 0.25) is 0 Å². The standard InChI is InChI=1S/C17H20BrNO2/c1-11(2)16(17(20)19(3)4)21-14-10-9-12-7-5-6-8-13(12)15(14)18/h5-11,16H,1-4H3. The van der Waals surface area contributed by atoms with Gasteiger partial charge >= 0.3 is 0 Å². The molecule has 0 aliphatic rings. The van der Waals surface area contributed by atoms with Crippen LogP contribution in [0, 0.1) is 5.92 Å². The zero-order chi connectivity index (χ0) is 15.6. The van der Waals surface area contributed by atoms with Gasteiger partial charge in [-0.1, -0.05) is 44.2 Å². The van der Waals surface area contributed by atoms with Crippen LogP contribution < -0.4 is 4.74 Å². The van der Waals surface area contributed by atoms with Crippen LogP contribution >= 0.6 is 15.9 Å². The van der Waals surface area contributed by atoms with Crippen molar-refractivity contribution < 1.29 is 9.53 Å². The molecule has 0 bridgehead atoms. The van der Waals surface area contributed by atoms with Crippen molar-refractivity contribution in [2.45, 2.75) is 20.0 Å². The van der Waals surface area contributed by atoms with E-state index < -0.39 is 6.10 Å². The molecule has 0 heterocycles. The van der Waals surface area contributed by atoms with E-state index in [1.54, 1.807) is 19.0 Å². The number of likely N-dealkylation sites (N-methyl/N-ethyl adjacent to an activating group) is 1. The van der Waals surface area contributed by atoms with E-state index in [0.717, 1.165) is 15.2 Å². The molecule has 0 saturated carbocycles. The summed E-state index contributed by atoms with van der Waals surface area (Å²) in [6.45, 7) is 3.97. The molecular formula is C17H20BrNO2. The normalized spacial score (nSPS) is 12.5. The zero-order valence-electron chi connectivity index (χ0n) is 12.8. The Balaban J connectivity index is 2.37. The molecule has 4 heteroatoms. The third-order valence-corrected chi connectivity index (χ3v) is 4.19. The van der Waals surface area contributed by atoms with E-state index in [0.29, 0.717) is 5.75 Å². The van der Waals surface area contributed by atoms with Crippen LogP contribution in [0.25, 0.3) is 10.8 Å². The number of amides is 1. The van der Waals surface area contributed by atoms with Gasteiger partial charge in [0, 0.05) is 14.1 Å². The zero-order valence-corrected chi connectivity index (χ0v) is 14.3. The SMILES string of the molecule is CC(C)C(Oc1ccc2ccccc2c1Br)C(=O)N(C)C. The number of benzene rings is 2. The van der Waals surface area contributed by atoms with Crippen molar-refractivity contribution in [3.8, 4) is 5.75 Å². The highest BCUT2D eigenvalue weighted by atomic mass is 79.9. The summed E-state index contributed by atoms with van der Waals surface area (Å²) in [6.07, 6.45) is -0.488. The van der Waals surface area contributed by atoms with E-state index in [1.807, 2.05) is 44.2 Å². The predicted molar refractivity (Wildman–Crippen MR) is 89.6 cm³/mol. The Bertz CT molecular complexity index is 652. The molecule has 0 aliphatic heterocycles. The average molecular weight is 350 g/mol. The smallest absolute Gasteiger partial charge is 0.263 e. The van der Waals surface area contributed by atoms with E-state index in [1.165, 1.54) is 0 Å². The van der Waals surface area contributed by atoms with Gasteiger partial charge in [-0.05, 0) is 38.7 Å². The van der Waals surface area contributed by atoms with Gasteiger partial charge in [0.15, 0.2) is 6.10 Å². The maximum absolute atomic E-state index is 12.2. The number of carbonyl (C=O) groups excluding carboxylic acids is 1. The van der Waals surface area contributed by atoms with Crippen LogP contribution in [-0.4, -0.2) is 31.0 Å². The fraction of sp³-hybridized carbons (Fsp3) is 0.353. The minimum atomic E-state index is -0.488. The summed E-state index contributed by atoms with van der Waals surface area (Å²) < 4.78 is 6.89. The highest BCUT2D eigenvalue weighted by Gasteiger charge is 2.26. The molecule has 0 N–H and O–H groups in total. The van der Waals surface area contributed by atoms with Gasteiger partial charge < -0.3 is 9.64 Å². The number of hydrogen-bond donors (Lipinski definition) is 0. The Morgan fingerprint density at radius 2 is 1.81 bits per heavy atom. The van der Waals surface area contributed by atoms with Crippen LogP contribution in [0.15, 0.2) is 40.9 Å². The Hall–Kier alpha value is -1.55. The first-order chi connectivity index (χ1) is 9.91. The molecule has 2 aromatic carbocycles. The van der Waals surface area contributed by atoms with Gasteiger partial charge in [0.1, 0.15) is 5.75 Å². The van der Waals surface area contributed by atoms with Crippen molar-refractivity contribution >= 4 is 32.6 Å². The third-order valence-electron chi connectivity index (χ3n) is 3.37. The summed E-state index contributed by atoms with van der Waals surface area (Å²) in [4.78, 5) is 13.8. The van der Waals surface area contributed by atoms with E-state index in [4.69, 9.17) is 4.74 Å². The number of rotatable bonds is 4. The van der Waals surface area contributed by atoms with Gasteiger partial charge in [-0.2, -0.15) is 0 Å². The molecule has 0 saturated heterocycles. The first-order valence-electron chi connectivity index (χ1n) is 6.97. The summed E-state index contributed by atoms with van der Waals surface area (Å²) in [6, 6.07) is 12.0. The maximum Gasteiger partial charge on any atom is 0.263 e. The molecular weight excluding hydrogens is 330 g/mol. The fourth-order valence-electron chi connectivity index (χ4n) is 2.17. The van der Waals surface area contributed by atoms with Crippen molar-refractivity contribution in [1.82, 2.24) is 4.90 Å². The molecule has 0 spiro atoms. The topological polar surface area (TPSA) is 29.5 Å². The third kappa shape index (κ3) is 3.38. The Morgan fingerprint density at radius 1 is 1.14 bits per heavy atom. The van der Waals surface area contributed by atoms with Gasteiger partial charge in [-0.25, -0.2) is 0 Å². The second kappa shape index (κ2) is 6.48. The van der Waals surface area contributed by atoms with Crippen LogP contribution in [0.3, 0.4) is 0 Å². The second-order valence-electron chi connectivity index (χ2n) is 5.61. The lowest BCUT2D eigenvalue weighted by atomic mass is 10.1. The van der Waals surface area contributed by atoms with Crippen molar-refractivity contribution in [2.75, 3.05) is 14.1 Å². The van der Waals surface area contributed by atoms with Crippen molar-refractivity contribution in [3.05, 3.63) is 40.9 Å². The molecule has 2 rings (SSSR count). The number of fused-ring (bicyclic) bond motifs is 1. The van der Waals surface area contributed by atoms with E-state index >= 15 is 0 Å². The van der Waals surface area contributed by atoms with Gasteiger partial charge in [-0.15, -0.1) is 0 Å². The molecule has 0 fully saturated rings. The summed E-state index contributed by atoms with van der Waals surface area (Å²) in [5.74, 6) is 0.769. The first kappa shape index (κ1) is 15.8. The molecule has 1 unspecified atom stereocenters. The van der Waals surface area contributed by atoms with Crippen molar-refractivity contribution in [2.24, 2.45) is 5.92 Å². The quantitative estimate of drug-likeness (QED) is 0.831. The molecule has 112 valence electrons. The molecule has 1 atom stereocenters. The van der Waals surface area contributed by atoms with Crippen molar-refractivity contribution in [3.63, 3.8) is 0 Å². The highest BCUT2D eigenvalue weighted by molar-refractivity contribution is 9.10. The molecule has 0 aliphatic carbocycles. The van der Waals surface area contributed by atoms with Crippen LogP contribution in [0.5, 0.6) is 5.75 Å². The van der Waals surface area contributed by atoms with E-state index in [-0.39, 0.29) is 11.8 Å². The first-order valence-corrected chi connectivity index (χ1v) is 7.76. The van der Waals surface area contributed by atoms with Crippen LogP contribution in [-0.2, 0) is 4.79 Å². The number of carbonyl (C=O) groups is 1. The highest BCUT2D eigenvalue weighted by Crippen LogP contribution is 2.34. The monoisotopic (exact) mass is 349 g/mol. The number of ether oxygens (including phenoxy) is 1. The molecule has 3 nitrogen and oxygen atoms in total. The fourth-order valence-corrected chi connectivity index (χ4v) is 2.75. The predicted octanol–water partition coefficient (Wildman–Crippen LogP) is 4.09. The summed E-state index contributed by atoms with van der Waals surface area (Å²) in [7, 11) is 3.49. The Labute approximate surface area is 134 Å². The number of hydrogen-bond acceptors (Lipinski definition) is 2. The summed E-state index contributed by atoms with van der Waals surface area (Å²) >= 11 is 3.60. The van der Waals surface area contributed by atoms with Gasteiger partial charge in [0.05, 0.1) is 4.47 Å². The minimum Gasteiger partial charge on any atom is -0.479 e. The largest absolute Gasteiger partial charge is 0.479 e. The Morgan fingerprint density at radius 3 is 2.43 bits per heavy atom. The lowest BCUT2D eigenvalue weighted by Crippen LogP contribution is -2.41. The molecule has 2 aromatic rings. The lowest BCUT2D eigenvalue weighted by Gasteiger charge is -2.25. The number of nitrogens with zero attached hydrogens (tertiary/aromatic N) is 1.